The molecule has 0 saturated heterocycles. The molecular weight excluding hydrogens is 462 g/mol. The van der Waals surface area contributed by atoms with E-state index in [0.29, 0.717) is 17.9 Å². The molecule has 3 heteroatoms. The summed E-state index contributed by atoms with van der Waals surface area (Å²) in [5.74, 6) is 0.998. The first-order valence-corrected chi connectivity index (χ1v) is 13.8. The summed E-state index contributed by atoms with van der Waals surface area (Å²) in [7, 11) is 0. The van der Waals surface area contributed by atoms with Gasteiger partial charge in [-0.3, -0.25) is 5.01 Å². The summed E-state index contributed by atoms with van der Waals surface area (Å²) in [6.45, 7) is 4.45. The van der Waals surface area contributed by atoms with Crippen LogP contribution in [-0.4, -0.2) is 16.8 Å². The lowest BCUT2D eigenvalue weighted by molar-refractivity contribution is 0.164. The number of anilines is 1. The van der Waals surface area contributed by atoms with Crippen LogP contribution in [0.4, 0.5) is 5.69 Å². The summed E-state index contributed by atoms with van der Waals surface area (Å²) < 4.78 is 0. The van der Waals surface area contributed by atoms with Crippen molar-refractivity contribution in [3.63, 3.8) is 0 Å². The van der Waals surface area contributed by atoms with Gasteiger partial charge in [0.15, 0.2) is 0 Å². The average Bonchev–Trinajstić information content (AvgIpc) is 3.31. The van der Waals surface area contributed by atoms with Crippen LogP contribution in [0.1, 0.15) is 49.8 Å². The number of benzene rings is 2. The van der Waals surface area contributed by atoms with E-state index in [9.17, 15) is 0 Å². The molecule has 0 fully saturated rings. The molecule has 0 radical (unpaired) electrons. The number of allylic oxidation sites excluding steroid dienone is 12. The zero-order valence-electron chi connectivity index (χ0n) is 22.2. The summed E-state index contributed by atoms with van der Waals surface area (Å²) in [5, 5.41) is 11.1. The van der Waals surface area contributed by atoms with Crippen molar-refractivity contribution >= 4 is 23.0 Å². The van der Waals surface area contributed by atoms with Crippen LogP contribution in [0.3, 0.4) is 0 Å². The Bertz CT molecular complexity index is 1450. The van der Waals surface area contributed by atoms with Crippen molar-refractivity contribution in [2.45, 2.75) is 39.2 Å². The monoisotopic (exact) mass is 497 g/mol. The molecule has 0 saturated carbocycles. The minimum absolute atomic E-state index is 0.290. The van der Waals surface area contributed by atoms with E-state index >= 15 is 0 Å². The van der Waals surface area contributed by atoms with Crippen LogP contribution >= 0.6 is 0 Å². The maximum absolute atomic E-state index is 5.30. The van der Waals surface area contributed by atoms with E-state index in [1.165, 1.54) is 33.7 Å². The van der Waals surface area contributed by atoms with Gasteiger partial charge in [-0.1, -0.05) is 91.1 Å². The fourth-order valence-electron chi connectivity index (χ4n) is 5.90. The van der Waals surface area contributed by atoms with Crippen LogP contribution in [-0.2, 0) is 0 Å². The predicted molar refractivity (Wildman–Crippen MR) is 161 cm³/mol. The van der Waals surface area contributed by atoms with Crippen LogP contribution in [0.15, 0.2) is 126 Å². The van der Waals surface area contributed by atoms with E-state index in [4.69, 9.17) is 5.10 Å². The van der Waals surface area contributed by atoms with Gasteiger partial charge in [0.1, 0.15) is 0 Å². The predicted octanol–water partition coefficient (Wildman–Crippen LogP) is 8.50. The molecule has 2 aliphatic carbocycles. The number of nitrogens with zero attached hydrogens (tertiary/aromatic N) is 2. The lowest BCUT2D eigenvalue weighted by Gasteiger charge is -2.41. The minimum Gasteiger partial charge on any atom is -0.359 e. The molecule has 1 N–H and O–H groups in total. The summed E-state index contributed by atoms with van der Waals surface area (Å²) >= 11 is 0. The molecule has 38 heavy (non-hydrogen) atoms. The molecule has 2 aromatic carbocycles. The van der Waals surface area contributed by atoms with Gasteiger partial charge in [0.2, 0.25) is 0 Å². The number of hydrazone groups is 1. The highest BCUT2D eigenvalue weighted by atomic mass is 15.5. The van der Waals surface area contributed by atoms with Gasteiger partial charge in [-0.25, -0.2) is 0 Å². The maximum Gasteiger partial charge on any atom is 0.0685 e. The Morgan fingerprint density at radius 3 is 2.68 bits per heavy atom. The molecule has 4 aliphatic rings. The summed E-state index contributed by atoms with van der Waals surface area (Å²) in [6.07, 6.45) is 27.6. The van der Waals surface area contributed by atoms with Crippen LogP contribution in [0.2, 0.25) is 0 Å². The van der Waals surface area contributed by atoms with Crippen LogP contribution in [0, 0.1) is 11.8 Å². The molecule has 0 aromatic heterocycles. The third-order valence-corrected chi connectivity index (χ3v) is 8.00. The molecule has 0 spiro atoms. The van der Waals surface area contributed by atoms with Gasteiger partial charge in [-0.2, -0.15) is 5.10 Å². The Morgan fingerprint density at radius 1 is 0.947 bits per heavy atom. The standard InChI is InChI=1S/C35H35N3/c1-25-12-11-18-31-22-30(20-21-34(31)36-25)29-17-9-10-19-32(23-29)38-26(2)33(27-13-5-3-6-14-27)24-35(37-38)28-15-7-4-8-16-28/h3-9,11-13,15-23,26-27,33,36H,10,14,24H2,1-2H3. The number of nitrogens with one attached hydrogen (secondary N) is 1. The Balaban J connectivity index is 1.37. The fourth-order valence-corrected chi connectivity index (χ4v) is 5.90. The molecule has 2 aliphatic heterocycles. The number of hydrogen-bond acceptors (Lipinski definition) is 3. The molecular formula is C35H35N3. The van der Waals surface area contributed by atoms with E-state index in [2.05, 4.69) is 140 Å². The normalized spacial score (nSPS) is 24.4. The van der Waals surface area contributed by atoms with Gasteiger partial charge in [0.05, 0.1) is 17.5 Å². The Hall–Kier alpha value is -4.11. The molecule has 3 unspecified atom stereocenters. The molecule has 0 amide bonds. The largest absolute Gasteiger partial charge is 0.359 e. The first-order valence-electron chi connectivity index (χ1n) is 13.8. The first-order chi connectivity index (χ1) is 18.7. The highest BCUT2D eigenvalue weighted by Gasteiger charge is 2.35. The molecule has 190 valence electrons. The second kappa shape index (κ2) is 10.7. The highest BCUT2D eigenvalue weighted by molar-refractivity contribution is 6.01. The minimum atomic E-state index is 0.290. The molecule has 3 nitrogen and oxygen atoms in total. The summed E-state index contributed by atoms with van der Waals surface area (Å²) in [4.78, 5) is 0. The van der Waals surface area contributed by atoms with Crippen molar-refractivity contribution in [2.24, 2.45) is 16.9 Å². The maximum atomic E-state index is 5.30. The second-order valence-electron chi connectivity index (χ2n) is 10.6. The van der Waals surface area contributed by atoms with Gasteiger partial charge in [0.25, 0.3) is 0 Å². The van der Waals surface area contributed by atoms with Crippen molar-refractivity contribution in [1.82, 2.24) is 5.01 Å². The van der Waals surface area contributed by atoms with Gasteiger partial charge in [-0.15, -0.1) is 0 Å². The van der Waals surface area contributed by atoms with E-state index in [-0.39, 0.29) is 0 Å². The van der Waals surface area contributed by atoms with Crippen molar-refractivity contribution in [3.8, 4) is 0 Å². The lowest BCUT2D eigenvalue weighted by Crippen LogP contribution is -2.43. The Labute approximate surface area is 226 Å². The zero-order valence-corrected chi connectivity index (χ0v) is 22.2. The van der Waals surface area contributed by atoms with Gasteiger partial charge >= 0.3 is 0 Å². The molecule has 3 atom stereocenters. The van der Waals surface area contributed by atoms with E-state index in [1.54, 1.807) is 0 Å². The van der Waals surface area contributed by atoms with E-state index < -0.39 is 0 Å². The highest BCUT2D eigenvalue weighted by Crippen LogP contribution is 2.38. The zero-order chi connectivity index (χ0) is 25.9. The van der Waals surface area contributed by atoms with Crippen molar-refractivity contribution in [1.29, 1.82) is 0 Å². The van der Waals surface area contributed by atoms with Crippen LogP contribution < -0.4 is 5.32 Å². The first kappa shape index (κ1) is 24.2. The summed E-state index contributed by atoms with van der Waals surface area (Å²) in [5.41, 5.74) is 9.49. The lowest BCUT2D eigenvalue weighted by atomic mass is 9.77. The van der Waals surface area contributed by atoms with Crippen molar-refractivity contribution < 1.29 is 0 Å². The van der Waals surface area contributed by atoms with E-state index in [0.717, 1.165) is 30.6 Å². The topological polar surface area (TPSA) is 27.6 Å². The Kier molecular flexibility index (Phi) is 6.83. The van der Waals surface area contributed by atoms with Gasteiger partial charge in [-0.05, 0) is 91.5 Å². The van der Waals surface area contributed by atoms with Crippen LogP contribution in [0.5, 0.6) is 0 Å². The molecule has 2 aromatic rings. The van der Waals surface area contributed by atoms with Gasteiger partial charge in [0, 0.05) is 11.4 Å². The molecule has 6 rings (SSSR count). The summed E-state index contributed by atoms with van der Waals surface area (Å²) in [6, 6.07) is 17.7. The quantitative estimate of drug-likeness (QED) is 0.458. The number of rotatable bonds is 4. The van der Waals surface area contributed by atoms with Crippen molar-refractivity contribution in [3.05, 3.63) is 137 Å². The second-order valence-corrected chi connectivity index (χ2v) is 10.6. The molecule has 2 heterocycles. The molecule has 0 bridgehead atoms. The Morgan fingerprint density at radius 2 is 1.84 bits per heavy atom. The van der Waals surface area contributed by atoms with Crippen molar-refractivity contribution in [2.75, 3.05) is 5.32 Å². The SMILES string of the molecule is CC1=CC=Cc2cc(C3=CC(N4N=C(c5ccccc5)CC(C5C=CC=CC5)C4C)=CCC=C3)ccc2N1. The van der Waals surface area contributed by atoms with Gasteiger partial charge < -0.3 is 5.32 Å². The average molecular weight is 498 g/mol. The van der Waals surface area contributed by atoms with Crippen LogP contribution in [0.25, 0.3) is 11.6 Å². The third-order valence-electron chi connectivity index (χ3n) is 8.00. The fraction of sp³-hybridized carbons (Fsp3) is 0.229. The van der Waals surface area contributed by atoms with E-state index in [1.807, 2.05) is 0 Å². The number of hydrogen-bond donors (Lipinski definition) is 1. The number of fused-ring (bicyclic) bond motifs is 1. The third kappa shape index (κ3) is 5.02. The smallest absolute Gasteiger partial charge is 0.0685 e.